The Hall–Kier alpha value is -1.13. The van der Waals surface area contributed by atoms with Gasteiger partial charge in [0, 0.05) is 23.0 Å². The van der Waals surface area contributed by atoms with Crippen LogP contribution in [-0.4, -0.2) is 9.55 Å². The molecule has 18 heavy (non-hydrogen) atoms. The van der Waals surface area contributed by atoms with Crippen LogP contribution in [-0.2, 0) is 17.5 Å². The molecular formula is C14H21N3S. The van der Waals surface area contributed by atoms with Crippen LogP contribution < -0.4 is 5.73 Å². The molecule has 0 aliphatic heterocycles. The lowest BCUT2D eigenvalue weighted by molar-refractivity contribution is 0.406. The summed E-state index contributed by atoms with van der Waals surface area (Å²) < 4.78 is 2.17. The molecule has 0 bridgehead atoms. The number of nitrogens with two attached hydrogens (primary N) is 1. The third-order valence-electron chi connectivity index (χ3n) is 3.13. The van der Waals surface area contributed by atoms with Gasteiger partial charge in [-0.2, -0.15) is 0 Å². The monoisotopic (exact) mass is 263 g/mol. The zero-order chi connectivity index (χ0) is 13.4. The number of nitrogens with zero attached hydrogens (tertiary/aromatic N) is 2. The third kappa shape index (κ3) is 2.65. The molecule has 0 amide bonds. The summed E-state index contributed by atoms with van der Waals surface area (Å²) in [4.78, 5) is 5.63. The van der Waals surface area contributed by atoms with Gasteiger partial charge in [0.15, 0.2) is 0 Å². The highest BCUT2D eigenvalue weighted by Crippen LogP contribution is 2.30. The van der Waals surface area contributed by atoms with Crippen LogP contribution in [0.4, 0.5) is 0 Å². The molecule has 0 radical (unpaired) electrons. The molecule has 0 unspecified atom stereocenters. The van der Waals surface area contributed by atoms with E-state index < -0.39 is 0 Å². The predicted molar refractivity (Wildman–Crippen MR) is 76.8 cm³/mol. The Morgan fingerprint density at radius 2 is 2.06 bits per heavy atom. The van der Waals surface area contributed by atoms with Crippen LogP contribution in [0, 0.1) is 0 Å². The van der Waals surface area contributed by atoms with Gasteiger partial charge in [-0.25, -0.2) is 4.98 Å². The van der Waals surface area contributed by atoms with E-state index in [0.717, 1.165) is 12.2 Å². The minimum absolute atomic E-state index is 0.0921. The quantitative estimate of drug-likeness (QED) is 0.921. The number of rotatable bonds is 4. The second kappa shape index (κ2) is 4.52. The number of thiophene rings is 1. The van der Waals surface area contributed by atoms with E-state index in [1.54, 1.807) is 11.3 Å². The van der Waals surface area contributed by atoms with Crippen LogP contribution in [0.1, 0.15) is 38.3 Å². The Balaban J connectivity index is 2.28. The van der Waals surface area contributed by atoms with Crippen molar-refractivity contribution in [2.45, 2.75) is 45.2 Å². The van der Waals surface area contributed by atoms with E-state index in [1.165, 1.54) is 4.88 Å². The predicted octanol–water partition coefficient (Wildman–Crippen LogP) is 3.12. The molecule has 2 rings (SSSR count). The Morgan fingerprint density at radius 3 is 2.61 bits per heavy atom. The summed E-state index contributed by atoms with van der Waals surface area (Å²) in [5, 5.41) is 2.12. The molecule has 0 aromatic carbocycles. The van der Waals surface area contributed by atoms with E-state index in [1.807, 2.05) is 26.4 Å². The number of hydrogen-bond acceptors (Lipinski definition) is 3. The van der Waals surface area contributed by atoms with Crippen molar-refractivity contribution in [3.05, 3.63) is 40.6 Å². The Labute approximate surface area is 113 Å². The van der Waals surface area contributed by atoms with Crippen LogP contribution in [0.3, 0.4) is 0 Å². The van der Waals surface area contributed by atoms with Gasteiger partial charge in [-0.1, -0.05) is 19.9 Å². The lowest BCUT2D eigenvalue weighted by atomic mass is 9.90. The van der Waals surface area contributed by atoms with Gasteiger partial charge in [-0.15, -0.1) is 11.3 Å². The molecule has 0 saturated carbocycles. The van der Waals surface area contributed by atoms with Gasteiger partial charge < -0.3 is 10.3 Å². The van der Waals surface area contributed by atoms with E-state index in [2.05, 4.69) is 40.9 Å². The number of aromatic nitrogens is 2. The molecule has 0 saturated heterocycles. The SMILES string of the molecule is CC(C)(N)c1cncn1CC(C)(C)c1cccs1. The lowest BCUT2D eigenvalue weighted by Crippen LogP contribution is -2.34. The van der Waals surface area contributed by atoms with Crippen molar-refractivity contribution >= 4 is 11.3 Å². The summed E-state index contributed by atoms with van der Waals surface area (Å²) in [5.41, 5.74) is 6.99. The first kappa shape index (κ1) is 13.3. The minimum atomic E-state index is -0.359. The van der Waals surface area contributed by atoms with Gasteiger partial charge in [-0.3, -0.25) is 0 Å². The van der Waals surface area contributed by atoms with Crippen molar-refractivity contribution in [3.63, 3.8) is 0 Å². The highest BCUT2D eigenvalue weighted by molar-refractivity contribution is 7.10. The van der Waals surface area contributed by atoms with Crippen molar-refractivity contribution in [1.82, 2.24) is 9.55 Å². The van der Waals surface area contributed by atoms with Gasteiger partial charge in [0.25, 0.3) is 0 Å². The molecule has 0 aliphatic rings. The number of imidazole rings is 1. The van der Waals surface area contributed by atoms with Gasteiger partial charge >= 0.3 is 0 Å². The second-order valence-electron chi connectivity index (χ2n) is 5.99. The van der Waals surface area contributed by atoms with Crippen molar-refractivity contribution in [2.75, 3.05) is 0 Å². The van der Waals surface area contributed by atoms with E-state index in [9.17, 15) is 0 Å². The van der Waals surface area contributed by atoms with Gasteiger partial charge in [0.2, 0.25) is 0 Å². The summed E-state index contributed by atoms with van der Waals surface area (Å²) >= 11 is 1.80. The molecule has 98 valence electrons. The highest BCUT2D eigenvalue weighted by Gasteiger charge is 2.26. The normalized spacial score (nSPS) is 12.9. The summed E-state index contributed by atoms with van der Waals surface area (Å²) in [6.07, 6.45) is 3.74. The van der Waals surface area contributed by atoms with Crippen LogP contribution in [0.25, 0.3) is 0 Å². The fraction of sp³-hybridized carbons (Fsp3) is 0.500. The molecule has 4 heteroatoms. The molecule has 0 spiro atoms. The Kier molecular flexibility index (Phi) is 3.34. The zero-order valence-electron chi connectivity index (χ0n) is 11.5. The van der Waals surface area contributed by atoms with Crippen LogP contribution in [0.2, 0.25) is 0 Å². The van der Waals surface area contributed by atoms with Crippen molar-refractivity contribution in [2.24, 2.45) is 5.73 Å². The Bertz CT molecular complexity index is 503. The van der Waals surface area contributed by atoms with E-state index >= 15 is 0 Å². The molecule has 3 nitrogen and oxygen atoms in total. The highest BCUT2D eigenvalue weighted by atomic mass is 32.1. The van der Waals surface area contributed by atoms with Crippen LogP contribution in [0.15, 0.2) is 30.0 Å². The smallest absolute Gasteiger partial charge is 0.0949 e. The van der Waals surface area contributed by atoms with Crippen molar-refractivity contribution in [1.29, 1.82) is 0 Å². The van der Waals surface area contributed by atoms with Gasteiger partial charge in [0.1, 0.15) is 0 Å². The van der Waals surface area contributed by atoms with E-state index in [0.29, 0.717) is 0 Å². The molecular weight excluding hydrogens is 242 g/mol. The molecule has 0 atom stereocenters. The molecule has 0 fully saturated rings. The molecule has 2 heterocycles. The van der Waals surface area contributed by atoms with Crippen LogP contribution >= 0.6 is 11.3 Å². The summed E-state index contributed by atoms with van der Waals surface area (Å²) in [5.74, 6) is 0. The van der Waals surface area contributed by atoms with Crippen LogP contribution in [0.5, 0.6) is 0 Å². The summed E-state index contributed by atoms with van der Waals surface area (Å²) in [6.45, 7) is 9.43. The average molecular weight is 263 g/mol. The lowest BCUT2D eigenvalue weighted by Gasteiger charge is -2.28. The Morgan fingerprint density at radius 1 is 1.33 bits per heavy atom. The topological polar surface area (TPSA) is 43.8 Å². The number of hydrogen-bond donors (Lipinski definition) is 1. The zero-order valence-corrected chi connectivity index (χ0v) is 12.3. The fourth-order valence-electron chi connectivity index (χ4n) is 2.15. The van der Waals surface area contributed by atoms with Gasteiger partial charge in [-0.05, 0) is 25.3 Å². The van der Waals surface area contributed by atoms with Crippen molar-refractivity contribution in [3.8, 4) is 0 Å². The molecule has 2 N–H and O–H groups in total. The average Bonchev–Trinajstić information content (AvgIpc) is 2.83. The fourth-order valence-corrected chi connectivity index (χ4v) is 3.00. The van der Waals surface area contributed by atoms with Gasteiger partial charge in [0.05, 0.1) is 17.6 Å². The summed E-state index contributed by atoms with van der Waals surface area (Å²) in [7, 11) is 0. The second-order valence-corrected chi connectivity index (χ2v) is 6.94. The van der Waals surface area contributed by atoms with E-state index in [-0.39, 0.29) is 11.0 Å². The van der Waals surface area contributed by atoms with E-state index in [4.69, 9.17) is 5.73 Å². The first-order valence-corrected chi connectivity index (χ1v) is 7.02. The summed E-state index contributed by atoms with van der Waals surface area (Å²) in [6, 6.07) is 4.29. The van der Waals surface area contributed by atoms with Crippen molar-refractivity contribution < 1.29 is 0 Å². The molecule has 2 aromatic heterocycles. The third-order valence-corrected chi connectivity index (χ3v) is 4.36. The first-order valence-electron chi connectivity index (χ1n) is 6.14. The largest absolute Gasteiger partial charge is 0.332 e. The maximum absolute atomic E-state index is 6.18. The molecule has 0 aliphatic carbocycles. The maximum atomic E-state index is 6.18. The molecule has 2 aromatic rings. The maximum Gasteiger partial charge on any atom is 0.0949 e. The minimum Gasteiger partial charge on any atom is -0.332 e. The standard InChI is InChI=1S/C14H21N3S/c1-13(2,12-6-5-7-18-12)9-17-10-16-8-11(17)14(3,4)15/h5-8,10H,9,15H2,1-4H3. The first-order chi connectivity index (χ1) is 8.31.